The van der Waals surface area contributed by atoms with Gasteiger partial charge in [-0.15, -0.1) is 0 Å². The molecule has 0 atom stereocenters. The van der Waals surface area contributed by atoms with Gasteiger partial charge < -0.3 is 5.32 Å². The Morgan fingerprint density at radius 1 is 1.07 bits per heavy atom. The number of nitrogens with one attached hydrogen (secondary N) is 1. The molecule has 1 heterocycles. The van der Waals surface area contributed by atoms with E-state index < -0.39 is 0 Å². The second-order valence-electron chi connectivity index (χ2n) is 4.65. The summed E-state index contributed by atoms with van der Waals surface area (Å²) >= 11 is 0. The van der Waals surface area contributed by atoms with Gasteiger partial charge in [-0.25, -0.2) is 0 Å². The fourth-order valence-electron chi connectivity index (χ4n) is 3.20. The van der Waals surface area contributed by atoms with E-state index in [1.54, 1.807) is 5.57 Å². The maximum absolute atomic E-state index is 3.58. The van der Waals surface area contributed by atoms with Gasteiger partial charge in [0.15, 0.2) is 0 Å². The van der Waals surface area contributed by atoms with Crippen LogP contribution in [0.25, 0.3) is 0 Å². The van der Waals surface area contributed by atoms with Crippen LogP contribution in [-0.4, -0.2) is 6.54 Å². The predicted molar refractivity (Wildman–Crippen MR) is 65.7 cm³/mol. The summed E-state index contributed by atoms with van der Waals surface area (Å²) in [5.41, 5.74) is 3.69. The lowest BCUT2D eigenvalue weighted by Crippen LogP contribution is -2.20. The van der Waals surface area contributed by atoms with Crippen molar-refractivity contribution in [3.63, 3.8) is 0 Å². The molecule has 3 aliphatic rings. The standard InChI is InChI=1S/C12H17N.C2H6/c1-2-6-11-10(5-1)12(9-13-11)7-3-4-8-12;1-2/h5-6,13H,1-4,7-9H2;1-2H3. The Labute approximate surface area is 93.6 Å². The van der Waals surface area contributed by atoms with Crippen molar-refractivity contribution in [2.24, 2.45) is 5.41 Å². The van der Waals surface area contributed by atoms with Crippen molar-refractivity contribution < 1.29 is 0 Å². The Morgan fingerprint density at radius 3 is 2.47 bits per heavy atom. The molecule has 1 saturated carbocycles. The highest BCUT2D eigenvalue weighted by Crippen LogP contribution is 2.50. The van der Waals surface area contributed by atoms with E-state index in [4.69, 9.17) is 0 Å². The van der Waals surface area contributed by atoms with Gasteiger partial charge in [0.2, 0.25) is 0 Å². The van der Waals surface area contributed by atoms with Gasteiger partial charge in [-0.3, -0.25) is 0 Å². The lowest BCUT2D eigenvalue weighted by atomic mass is 9.78. The molecule has 3 rings (SSSR count). The lowest BCUT2D eigenvalue weighted by Gasteiger charge is -2.24. The van der Waals surface area contributed by atoms with Gasteiger partial charge in [0.1, 0.15) is 0 Å². The van der Waals surface area contributed by atoms with E-state index in [1.165, 1.54) is 50.8 Å². The normalized spacial score (nSPS) is 26.0. The van der Waals surface area contributed by atoms with E-state index in [0.717, 1.165) is 0 Å². The van der Waals surface area contributed by atoms with Gasteiger partial charge in [-0.1, -0.05) is 38.8 Å². The summed E-state index contributed by atoms with van der Waals surface area (Å²) in [7, 11) is 0. The molecule has 84 valence electrons. The van der Waals surface area contributed by atoms with Crippen LogP contribution in [0, 0.1) is 5.41 Å². The highest BCUT2D eigenvalue weighted by molar-refractivity contribution is 5.43. The molecule has 15 heavy (non-hydrogen) atoms. The zero-order valence-corrected chi connectivity index (χ0v) is 10.1. The largest absolute Gasteiger partial charge is 0.384 e. The molecule has 1 saturated heterocycles. The number of rotatable bonds is 0. The van der Waals surface area contributed by atoms with Gasteiger partial charge in [-0.2, -0.15) is 0 Å². The minimum atomic E-state index is 0.562. The summed E-state index contributed by atoms with van der Waals surface area (Å²) in [5.74, 6) is 0. The van der Waals surface area contributed by atoms with Crippen LogP contribution >= 0.6 is 0 Å². The molecule has 0 amide bonds. The van der Waals surface area contributed by atoms with Gasteiger partial charge >= 0.3 is 0 Å². The van der Waals surface area contributed by atoms with Gasteiger partial charge in [0.05, 0.1) is 0 Å². The van der Waals surface area contributed by atoms with Crippen LogP contribution in [-0.2, 0) is 0 Å². The summed E-state index contributed by atoms with van der Waals surface area (Å²) in [4.78, 5) is 0. The van der Waals surface area contributed by atoms with Gasteiger partial charge in [0.25, 0.3) is 0 Å². The second-order valence-corrected chi connectivity index (χ2v) is 4.65. The number of hydrogen-bond donors (Lipinski definition) is 1. The predicted octanol–water partition coefficient (Wildman–Crippen LogP) is 3.78. The Bertz CT molecular complexity index is 280. The first-order chi connectivity index (χ1) is 7.41. The Kier molecular flexibility index (Phi) is 3.18. The van der Waals surface area contributed by atoms with Crippen molar-refractivity contribution in [3.05, 3.63) is 23.4 Å². The summed E-state index contributed by atoms with van der Waals surface area (Å²) < 4.78 is 0. The second kappa shape index (κ2) is 4.42. The topological polar surface area (TPSA) is 12.0 Å². The van der Waals surface area contributed by atoms with Crippen LogP contribution in [0.2, 0.25) is 0 Å². The summed E-state index contributed by atoms with van der Waals surface area (Å²) in [5, 5.41) is 3.58. The van der Waals surface area contributed by atoms with Gasteiger partial charge in [0, 0.05) is 17.7 Å². The quantitative estimate of drug-likeness (QED) is 0.634. The first kappa shape index (κ1) is 10.8. The van der Waals surface area contributed by atoms with E-state index >= 15 is 0 Å². The molecule has 0 radical (unpaired) electrons. The van der Waals surface area contributed by atoms with Crippen LogP contribution in [0.5, 0.6) is 0 Å². The van der Waals surface area contributed by atoms with Crippen molar-refractivity contribution in [1.82, 2.24) is 5.32 Å². The van der Waals surface area contributed by atoms with Crippen molar-refractivity contribution in [2.45, 2.75) is 52.4 Å². The Balaban J connectivity index is 0.000000404. The first-order valence-electron chi connectivity index (χ1n) is 6.56. The molecule has 0 aromatic carbocycles. The highest BCUT2D eigenvalue weighted by atomic mass is 15.0. The molecule has 1 heteroatoms. The number of allylic oxidation sites excluding steroid dienone is 3. The van der Waals surface area contributed by atoms with Crippen molar-refractivity contribution in [3.8, 4) is 0 Å². The molecule has 0 aromatic heterocycles. The fourth-order valence-corrected chi connectivity index (χ4v) is 3.20. The maximum Gasteiger partial charge on any atom is 0.0335 e. The average molecular weight is 205 g/mol. The molecule has 2 aliphatic carbocycles. The molecule has 0 aromatic rings. The minimum absolute atomic E-state index is 0.562. The van der Waals surface area contributed by atoms with Crippen LogP contribution in [0.1, 0.15) is 52.4 Å². The van der Waals surface area contributed by atoms with Crippen LogP contribution in [0.15, 0.2) is 23.4 Å². The van der Waals surface area contributed by atoms with Crippen LogP contribution in [0.4, 0.5) is 0 Å². The molecule has 1 nitrogen and oxygen atoms in total. The molecule has 0 unspecified atom stereocenters. The highest BCUT2D eigenvalue weighted by Gasteiger charge is 2.43. The zero-order valence-electron chi connectivity index (χ0n) is 10.1. The smallest absolute Gasteiger partial charge is 0.0335 e. The Hall–Kier alpha value is -0.720. The lowest BCUT2D eigenvalue weighted by molar-refractivity contribution is 0.404. The first-order valence-corrected chi connectivity index (χ1v) is 6.56. The van der Waals surface area contributed by atoms with E-state index in [2.05, 4.69) is 17.5 Å². The van der Waals surface area contributed by atoms with Crippen molar-refractivity contribution in [1.29, 1.82) is 0 Å². The zero-order chi connectivity index (χ0) is 10.7. The average Bonchev–Trinajstić information content (AvgIpc) is 2.92. The molecule has 2 fully saturated rings. The van der Waals surface area contributed by atoms with Crippen molar-refractivity contribution in [2.75, 3.05) is 6.54 Å². The third-order valence-corrected chi connectivity index (χ3v) is 3.90. The fraction of sp³-hybridized carbons (Fsp3) is 0.714. The maximum atomic E-state index is 3.58. The molecular weight excluding hydrogens is 182 g/mol. The monoisotopic (exact) mass is 205 g/mol. The SMILES string of the molecule is C1=C2NCC3(CCCC3)C2=CCC1.CC. The molecule has 1 aliphatic heterocycles. The van der Waals surface area contributed by atoms with E-state index in [1.807, 2.05) is 13.8 Å². The van der Waals surface area contributed by atoms with Crippen LogP contribution in [0.3, 0.4) is 0 Å². The number of hydrogen-bond acceptors (Lipinski definition) is 1. The van der Waals surface area contributed by atoms with Crippen LogP contribution < -0.4 is 5.32 Å². The third-order valence-electron chi connectivity index (χ3n) is 3.90. The summed E-state index contributed by atoms with van der Waals surface area (Å²) in [6, 6.07) is 0. The number of fused-ring (bicyclic) bond motifs is 2. The Morgan fingerprint density at radius 2 is 1.73 bits per heavy atom. The molecular formula is C14H23N. The third kappa shape index (κ3) is 1.73. The molecule has 0 bridgehead atoms. The molecule has 1 spiro atoms. The van der Waals surface area contributed by atoms with E-state index in [9.17, 15) is 0 Å². The van der Waals surface area contributed by atoms with E-state index in [0.29, 0.717) is 5.41 Å². The minimum Gasteiger partial charge on any atom is -0.384 e. The van der Waals surface area contributed by atoms with Gasteiger partial charge in [-0.05, 0) is 31.3 Å². The summed E-state index contributed by atoms with van der Waals surface area (Å²) in [6.07, 6.45) is 13.1. The molecule has 1 N–H and O–H groups in total. The van der Waals surface area contributed by atoms with Crippen molar-refractivity contribution >= 4 is 0 Å². The van der Waals surface area contributed by atoms with E-state index in [-0.39, 0.29) is 0 Å². The summed E-state index contributed by atoms with van der Waals surface area (Å²) in [6.45, 7) is 5.21.